The van der Waals surface area contributed by atoms with Crippen molar-refractivity contribution in [1.82, 2.24) is 14.5 Å². The van der Waals surface area contributed by atoms with Gasteiger partial charge in [-0.3, -0.25) is 14.3 Å². The molecule has 5 heteroatoms. The van der Waals surface area contributed by atoms with Gasteiger partial charge in [0.15, 0.2) is 0 Å². The summed E-state index contributed by atoms with van der Waals surface area (Å²) in [4.78, 5) is 20.6. The molecule has 0 N–H and O–H groups in total. The van der Waals surface area contributed by atoms with Gasteiger partial charge in [0, 0.05) is 11.5 Å². The van der Waals surface area contributed by atoms with Crippen LogP contribution in [0.4, 0.5) is 0 Å². The molecule has 0 unspecified atom stereocenters. The number of hydrogen-bond donors (Lipinski definition) is 0. The standard InChI is InChI=1S/C15H12ClN3O/c1-10-17-14(16)8-15(20)19(10)9-12-7-6-11-4-2-3-5-13(11)18-12/h2-8H,9H2,1H3. The van der Waals surface area contributed by atoms with Crippen molar-refractivity contribution >= 4 is 22.5 Å². The zero-order valence-corrected chi connectivity index (χ0v) is 11.6. The van der Waals surface area contributed by atoms with Crippen molar-refractivity contribution in [1.29, 1.82) is 0 Å². The molecule has 0 spiro atoms. The lowest BCUT2D eigenvalue weighted by molar-refractivity contribution is 0.688. The summed E-state index contributed by atoms with van der Waals surface area (Å²) >= 11 is 5.76. The van der Waals surface area contributed by atoms with E-state index in [2.05, 4.69) is 9.97 Å². The number of nitrogens with zero attached hydrogens (tertiary/aromatic N) is 3. The summed E-state index contributed by atoms with van der Waals surface area (Å²) in [5.74, 6) is 0.581. The molecular formula is C15H12ClN3O. The predicted molar refractivity (Wildman–Crippen MR) is 79.1 cm³/mol. The second-order valence-electron chi connectivity index (χ2n) is 4.55. The summed E-state index contributed by atoms with van der Waals surface area (Å²) in [5.41, 5.74) is 1.56. The van der Waals surface area contributed by atoms with E-state index in [4.69, 9.17) is 11.6 Å². The van der Waals surface area contributed by atoms with E-state index in [-0.39, 0.29) is 10.7 Å². The van der Waals surface area contributed by atoms with E-state index in [1.54, 1.807) is 11.5 Å². The minimum Gasteiger partial charge on any atom is -0.291 e. The lowest BCUT2D eigenvalue weighted by Crippen LogP contribution is -2.23. The number of rotatable bonds is 2. The van der Waals surface area contributed by atoms with E-state index in [1.165, 1.54) is 6.07 Å². The summed E-state index contributed by atoms with van der Waals surface area (Å²) in [7, 11) is 0. The molecule has 3 rings (SSSR count). The van der Waals surface area contributed by atoms with Gasteiger partial charge in [-0.25, -0.2) is 4.98 Å². The molecule has 0 fully saturated rings. The number of fused-ring (bicyclic) bond motifs is 1. The first-order chi connectivity index (χ1) is 9.63. The van der Waals surface area contributed by atoms with E-state index >= 15 is 0 Å². The number of hydrogen-bond acceptors (Lipinski definition) is 3. The molecule has 0 aliphatic heterocycles. The van der Waals surface area contributed by atoms with Crippen LogP contribution >= 0.6 is 11.6 Å². The van der Waals surface area contributed by atoms with Gasteiger partial charge in [0.1, 0.15) is 11.0 Å². The van der Waals surface area contributed by atoms with Crippen LogP contribution in [0, 0.1) is 6.92 Å². The van der Waals surface area contributed by atoms with E-state index < -0.39 is 0 Å². The van der Waals surface area contributed by atoms with Gasteiger partial charge in [-0.05, 0) is 19.1 Å². The zero-order valence-electron chi connectivity index (χ0n) is 10.9. The second-order valence-corrected chi connectivity index (χ2v) is 4.93. The van der Waals surface area contributed by atoms with Gasteiger partial charge >= 0.3 is 0 Å². The SMILES string of the molecule is Cc1nc(Cl)cc(=O)n1Cc1ccc2ccccc2n1. The van der Waals surface area contributed by atoms with Gasteiger partial charge in [-0.15, -0.1) is 0 Å². The maximum atomic E-state index is 11.9. The van der Waals surface area contributed by atoms with E-state index in [9.17, 15) is 4.79 Å². The summed E-state index contributed by atoms with van der Waals surface area (Å²) < 4.78 is 1.56. The highest BCUT2D eigenvalue weighted by molar-refractivity contribution is 6.29. The monoisotopic (exact) mass is 285 g/mol. The molecule has 2 aromatic heterocycles. The van der Waals surface area contributed by atoms with Gasteiger partial charge in [-0.1, -0.05) is 35.9 Å². The summed E-state index contributed by atoms with van der Waals surface area (Å²) in [6, 6.07) is 13.1. The highest BCUT2D eigenvalue weighted by Gasteiger charge is 2.06. The molecule has 100 valence electrons. The largest absolute Gasteiger partial charge is 0.291 e. The summed E-state index contributed by atoms with van der Waals surface area (Å²) in [6.07, 6.45) is 0. The molecular weight excluding hydrogens is 274 g/mol. The van der Waals surface area contributed by atoms with E-state index in [0.29, 0.717) is 12.4 Å². The molecule has 0 atom stereocenters. The summed E-state index contributed by atoms with van der Waals surface area (Å²) in [5, 5.41) is 1.30. The Balaban J connectivity index is 2.03. The molecule has 20 heavy (non-hydrogen) atoms. The fourth-order valence-corrected chi connectivity index (χ4v) is 2.35. The van der Waals surface area contributed by atoms with Gasteiger partial charge in [-0.2, -0.15) is 0 Å². The second kappa shape index (κ2) is 5.06. The number of benzene rings is 1. The van der Waals surface area contributed by atoms with Gasteiger partial charge in [0.2, 0.25) is 0 Å². The highest BCUT2D eigenvalue weighted by atomic mass is 35.5. The minimum absolute atomic E-state index is 0.169. The van der Waals surface area contributed by atoms with Crippen molar-refractivity contribution in [3.05, 3.63) is 69.5 Å². The third-order valence-corrected chi connectivity index (χ3v) is 3.34. The van der Waals surface area contributed by atoms with Crippen molar-refractivity contribution in [2.75, 3.05) is 0 Å². The molecule has 4 nitrogen and oxygen atoms in total. The van der Waals surface area contributed by atoms with E-state index in [0.717, 1.165) is 16.6 Å². The minimum atomic E-state index is -0.169. The van der Waals surface area contributed by atoms with Gasteiger partial charge in [0.05, 0.1) is 17.8 Å². The fourth-order valence-electron chi connectivity index (χ4n) is 2.14. The Morgan fingerprint density at radius 3 is 2.75 bits per heavy atom. The topological polar surface area (TPSA) is 47.8 Å². The van der Waals surface area contributed by atoms with Crippen molar-refractivity contribution in [2.45, 2.75) is 13.5 Å². The molecule has 1 aromatic carbocycles. The Kier molecular flexibility index (Phi) is 3.24. The van der Waals surface area contributed by atoms with Gasteiger partial charge < -0.3 is 0 Å². The molecule has 2 heterocycles. The van der Waals surface area contributed by atoms with Crippen molar-refractivity contribution in [3.63, 3.8) is 0 Å². The average Bonchev–Trinajstić information content (AvgIpc) is 2.42. The van der Waals surface area contributed by atoms with Crippen LogP contribution in [0.5, 0.6) is 0 Å². The van der Waals surface area contributed by atoms with Crippen LogP contribution in [-0.2, 0) is 6.54 Å². The van der Waals surface area contributed by atoms with Crippen LogP contribution < -0.4 is 5.56 Å². The Labute approximate surface area is 120 Å². The number of halogens is 1. The number of para-hydroxylation sites is 1. The van der Waals surface area contributed by atoms with Crippen LogP contribution in [0.3, 0.4) is 0 Å². The Morgan fingerprint density at radius 1 is 1.15 bits per heavy atom. The number of pyridine rings is 1. The van der Waals surface area contributed by atoms with Crippen LogP contribution in [0.25, 0.3) is 10.9 Å². The van der Waals surface area contributed by atoms with Crippen LogP contribution in [0.1, 0.15) is 11.5 Å². The first-order valence-corrected chi connectivity index (χ1v) is 6.60. The molecule has 0 bridgehead atoms. The maximum absolute atomic E-state index is 11.9. The summed E-state index contributed by atoms with van der Waals surface area (Å²) in [6.45, 7) is 2.15. The van der Waals surface area contributed by atoms with Gasteiger partial charge in [0.25, 0.3) is 5.56 Å². The third kappa shape index (κ3) is 2.42. The maximum Gasteiger partial charge on any atom is 0.255 e. The molecule has 0 saturated heterocycles. The van der Waals surface area contributed by atoms with E-state index in [1.807, 2.05) is 36.4 Å². The van der Waals surface area contributed by atoms with Crippen LogP contribution in [-0.4, -0.2) is 14.5 Å². The molecule has 3 aromatic rings. The van der Waals surface area contributed by atoms with Crippen molar-refractivity contribution in [3.8, 4) is 0 Å². The Hall–Kier alpha value is -2.20. The first-order valence-electron chi connectivity index (χ1n) is 6.22. The average molecular weight is 286 g/mol. The normalized spacial score (nSPS) is 10.9. The highest BCUT2D eigenvalue weighted by Crippen LogP contribution is 2.12. The van der Waals surface area contributed by atoms with Crippen LogP contribution in [0.15, 0.2) is 47.3 Å². The third-order valence-electron chi connectivity index (χ3n) is 3.14. The Morgan fingerprint density at radius 2 is 1.95 bits per heavy atom. The fraction of sp³-hybridized carbons (Fsp3) is 0.133. The number of aryl methyl sites for hydroxylation is 1. The molecule has 0 radical (unpaired) electrons. The molecule has 0 aliphatic rings. The predicted octanol–water partition coefficient (Wildman–Crippen LogP) is 2.80. The number of aromatic nitrogens is 3. The lowest BCUT2D eigenvalue weighted by atomic mass is 10.2. The quantitative estimate of drug-likeness (QED) is 0.680. The van der Waals surface area contributed by atoms with Crippen LogP contribution in [0.2, 0.25) is 5.15 Å². The lowest BCUT2D eigenvalue weighted by Gasteiger charge is -2.09. The first kappa shape index (κ1) is 12.8. The van der Waals surface area contributed by atoms with Crippen molar-refractivity contribution in [2.24, 2.45) is 0 Å². The molecule has 0 amide bonds. The smallest absolute Gasteiger partial charge is 0.255 e. The Bertz CT molecular complexity index is 842. The molecule has 0 aliphatic carbocycles. The van der Waals surface area contributed by atoms with Crippen molar-refractivity contribution < 1.29 is 0 Å². The molecule has 0 saturated carbocycles. The zero-order chi connectivity index (χ0) is 14.1.